The fraction of sp³-hybridized carbons (Fsp3) is 0.238. The Kier molecular flexibility index (Phi) is 8.47. The van der Waals surface area contributed by atoms with Gasteiger partial charge in [0, 0.05) is 36.0 Å². The Morgan fingerprint density at radius 1 is 1.06 bits per heavy atom. The lowest BCUT2D eigenvalue weighted by atomic mass is 10.1. The lowest BCUT2D eigenvalue weighted by molar-refractivity contribution is -0.131. The number of anilines is 1. The second kappa shape index (κ2) is 11.0. The minimum Gasteiger partial charge on any atom is -0.496 e. The van der Waals surface area contributed by atoms with Gasteiger partial charge in [0.15, 0.2) is 9.84 Å². The Hall–Kier alpha value is -3.73. The summed E-state index contributed by atoms with van der Waals surface area (Å²) in [6.07, 6.45) is 4.83. The third-order valence-electron chi connectivity index (χ3n) is 4.13. The maximum atomic E-state index is 12.7. The van der Waals surface area contributed by atoms with Gasteiger partial charge >= 0.3 is 5.97 Å². The van der Waals surface area contributed by atoms with Crippen molar-refractivity contribution in [2.75, 3.05) is 33.8 Å². The number of ether oxygens (including phenoxy) is 4. The zero-order chi connectivity index (χ0) is 23.7. The number of hydrogen-bond donors (Lipinski definition) is 2. The van der Waals surface area contributed by atoms with Crippen molar-refractivity contribution in [3.05, 3.63) is 53.2 Å². The Morgan fingerprint density at radius 3 is 2.25 bits per heavy atom. The summed E-state index contributed by atoms with van der Waals surface area (Å²) >= 11 is 0. The smallest absolute Gasteiger partial charge is 0.329 e. The molecule has 0 unspecified atom stereocenters. The fourth-order valence-electron chi connectivity index (χ4n) is 2.69. The first-order valence-electron chi connectivity index (χ1n) is 9.12. The highest BCUT2D eigenvalue weighted by Crippen LogP contribution is 2.35. The summed E-state index contributed by atoms with van der Waals surface area (Å²) in [6.45, 7) is 0. The number of aliphatic carboxylic acids is 1. The molecule has 1 aromatic heterocycles. The number of methoxy groups -OCH3 is 4. The molecule has 1 heterocycles. The van der Waals surface area contributed by atoms with Crippen molar-refractivity contribution in [2.45, 2.75) is 5.75 Å². The average molecular weight is 464 g/mol. The predicted octanol–water partition coefficient (Wildman–Crippen LogP) is 2.71. The molecule has 0 fully saturated rings. The van der Waals surface area contributed by atoms with Gasteiger partial charge in [0.1, 0.15) is 22.9 Å². The van der Waals surface area contributed by atoms with Crippen LogP contribution in [0.2, 0.25) is 0 Å². The van der Waals surface area contributed by atoms with E-state index in [2.05, 4.69) is 10.3 Å². The van der Waals surface area contributed by atoms with E-state index in [1.165, 1.54) is 53.0 Å². The summed E-state index contributed by atoms with van der Waals surface area (Å²) in [6, 6.07) is 4.74. The Labute approximate surface area is 186 Å². The monoisotopic (exact) mass is 464 g/mol. The quantitative estimate of drug-likeness (QED) is 0.478. The van der Waals surface area contributed by atoms with Gasteiger partial charge in [-0.3, -0.25) is 0 Å². The molecule has 2 aromatic rings. The van der Waals surface area contributed by atoms with E-state index in [9.17, 15) is 13.2 Å². The number of nitrogens with one attached hydrogen (secondary N) is 1. The van der Waals surface area contributed by atoms with E-state index in [1.807, 2.05) is 0 Å². The summed E-state index contributed by atoms with van der Waals surface area (Å²) in [5, 5.41) is 12.5. The molecular formula is C21H24N2O8S. The molecule has 0 atom stereocenters. The van der Waals surface area contributed by atoms with E-state index in [-0.39, 0.29) is 11.6 Å². The first kappa shape index (κ1) is 24.5. The van der Waals surface area contributed by atoms with E-state index >= 15 is 0 Å². The van der Waals surface area contributed by atoms with Crippen molar-refractivity contribution in [2.24, 2.45) is 0 Å². The summed E-state index contributed by atoms with van der Waals surface area (Å²) in [5.41, 5.74) is 1.13. The van der Waals surface area contributed by atoms with Gasteiger partial charge < -0.3 is 29.4 Å². The van der Waals surface area contributed by atoms with Crippen LogP contribution in [0.3, 0.4) is 0 Å². The maximum Gasteiger partial charge on any atom is 0.329 e. The number of benzene rings is 1. The van der Waals surface area contributed by atoms with Crippen LogP contribution >= 0.6 is 0 Å². The number of carboxylic acid groups (broad SMARTS) is 1. The van der Waals surface area contributed by atoms with Crippen LogP contribution in [0.15, 0.2) is 42.1 Å². The van der Waals surface area contributed by atoms with E-state index in [0.29, 0.717) is 34.1 Å². The third-order valence-corrected chi connectivity index (χ3v) is 5.42. The van der Waals surface area contributed by atoms with E-state index in [0.717, 1.165) is 11.5 Å². The van der Waals surface area contributed by atoms with Gasteiger partial charge in [-0.15, -0.1) is 0 Å². The largest absolute Gasteiger partial charge is 0.496 e. The van der Waals surface area contributed by atoms with Gasteiger partial charge in [-0.25, -0.2) is 18.2 Å². The van der Waals surface area contributed by atoms with Crippen molar-refractivity contribution < 1.29 is 37.3 Å². The molecule has 2 rings (SSSR count). The highest BCUT2D eigenvalue weighted by Gasteiger charge is 2.15. The zero-order valence-electron chi connectivity index (χ0n) is 18.0. The second-order valence-electron chi connectivity index (χ2n) is 6.27. The third kappa shape index (κ3) is 6.64. The lowest BCUT2D eigenvalue weighted by Gasteiger charge is -2.12. The van der Waals surface area contributed by atoms with Crippen molar-refractivity contribution in [1.82, 2.24) is 4.98 Å². The molecule has 0 spiro atoms. The maximum absolute atomic E-state index is 12.7. The van der Waals surface area contributed by atoms with Crippen LogP contribution in [0.1, 0.15) is 11.1 Å². The van der Waals surface area contributed by atoms with Gasteiger partial charge in [-0.05, 0) is 17.7 Å². The molecule has 11 heteroatoms. The lowest BCUT2D eigenvalue weighted by Crippen LogP contribution is -2.03. The number of rotatable bonds is 11. The predicted molar refractivity (Wildman–Crippen MR) is 119 cm³/mol. The summed E-state index contributed by atoms with van der Waals surface area (Å²) < 4.78 is 46.3. The van der Waals surface area contributed by atoms with Crippen LogP contribution in [-0.4, -0.2) is 52.9 Å². The first-order chi connectivity index (χ1) is 15.2. The number of pyridine rings is 1. The molecule has 10 nitrogen and oxygen atoms in total. The first-order valence-corrected chi connectivity index (χ1v) is 10.8. The Bertz CT molecular complexity index is 1100. The van der Waals surface area contributed by atoms with Crippen LogP contribution in [0.25, 0.3) is 6.08 Å². The van der Waals surface area contributed by atoms with Gasteiger partial charge in [-0.2, -0.15) is 0 Å². The molecule has 0 saturated carbocycles. The average Bonchev–Trinajstić information content (AvgIpc) is 2.76. The molecule has 0 amide bonds. The van der Waals surface area contributed by atoms with Crippen LogP contribution < -0.4 is 24.3 Å². The second-order valence-corrected chi connectivity index (χ2v) is 8.16. The van der Waals surface area contributed by atoms with Crippen LogP contribution in [0.4, 0.5) is 5.69 Å². The minimum atomic E-state index is -3.71. The Balaban J connectivity index is 2.31. The number of sulfone groups is 1. The summed E-state index contributed by atoms with van der Waals surface area (Å²) in [4.78, 5) is 14.7. The highest BCUT2D eigenvalue weighted by atomic mass is 32.2. The molecule has 32 heavy (non-hydrogen) atoms. The van der Waals surface area contributed by atoms with E-state index in [4.69, 9.17) is 24.1 Å². The van der Waals surface area contributed by atoms with Gasteiger partial charge in [0.25, 0.3) is 0 Å². The number of carboxylic acids is 1. The molecule has 2 N–H and O–H groups in total. The van der Waals surface area contributed by atoms with Crippen LogP contribution in [-0.2, 0) is 20.4 Å². The molecule has 0 aliphatic rings. The summed E-state index contributed by atoms with van der Waals surface area (Å²) in [5.74, 6) is -0.0356. The number of nitrogens with zero attached hydrogens (tertiary/aromatic N) is 1. The molecule has 0 aliphatic carbocycles. The highest BCUT2D eigenvalue weighted by molar-refractivity contribution is 7.93. The molecule has 1 aromatic carbocycles. The molecule has 0 aliphatic heterocycles. The van der Waals surface area contributed by atoms with Crippen molar-refractivity contribution in [3.63, 3.8) is 0 Å². The van der Waals surface area contributed by atoms with Crippen LogP contribution in [0.5, 0.6) is 23.1 Å². The molecular weight excluding hydrogens is 440 g/mol. The fourth-order valence-corrected chi connectivity index (χ4v) is 3.75. The zero-order valence-corrected chi connectivity index (χ0v) is 18.8. The van der Waals surface area contributed by atoms with Gasteiger partial charge in [0.2, 0.25) is 5.88 Å². The molecule has 172 valence electrons. The molecule has 0 saturated heterocycles. The normalized spacial score (nSPS) is 11.5. The van der Waals surface area contributed by atoms with Crippen molar-refractivity contribution in [3.8, 4) is 23.1 Å². The van der Waals surface area contributed by atoms with E-state index < -0.39 is 15.8 Å². The van der Waals surface area contributed by atoms with E-state index in [1.54, 1.807) is 12.1 Å². The van der Waals surface area contributed by atoms with Crippen LogP contribution in [0, 0.1) is 0 Å². The molecule has 0 radical (unpaired) electrons. The topological polar surface area (TPSA) is 133 Å². The number of aromatic nitrogens is 1. The standard InChI is InChI=1S/C21H24N2O8S/c1-28-15-10-18(29-2)16(19(11-15)30-3)6-8-32(26,27)13-14-9-17(21(31-4)23-12-14)22-7-5-20(24)25/h5-12,22H,13H2,1-4H3,(H,24,25)/b7-5+,8-6+. The molecule has 0 bridgehead atoms. The van der Waals surface area contributed by atoms with Gasteiger partial charge in [-0.1, -0.05) is 0 Å². The number of carbonyl (C=O) groups is 1. The van der Waals surface area contributed by atoms with Crippen molar-refractivity contribution in [1.29, 1.82) is 0 Å². The Morgan fingerprint density at radius 2 is 1.72 bits per heavy atom. The van der Waals surface area contributed by atoms with Gasteiger partial charge in [0.05, 0.1) is 39.8 Å². The van der Waals surface area contributed by atoms with Crippen molar-refractivity contribution >= 4 is 27.6 Å². The SMILES string of the molecule is COc1cc(OC)c(/C=C/S(=O)(=O)Cc2cnc(OC)c(N/C=C/C(=O)O)c2)c(OC)c1. The minimum absolute atomic E-state index is 0.185. The number of hydrogen-bond acceptors (Lipinski definition) is 9. The summed E-state index contributed by atoms with van der Waals surface area (Å²) in [7, 11) is 2.09.